The zero-order valence-electron chi connectivity index (χ0n) is 8.89. The normalized spacial score (nSPS) is 11.9. The molecule has 0 heterocycles. The second-order valence-electron chi connectivity index (χ2n) is 3.52. The Morgan fingerprint density at radius 3 is 2.65 bits per heavy atom. The van der Waals surface area contributed by atoms with Crippen molar-refractivity contribution in [3.63, 3.8) is 0 Å². The summed E-state index contributed by atoms with van der Waals surface area (Å²) in [5.41, 5.74) is 0.848. The number of rotatable bonds is 6. The fourth-order valence-corrected chi connectivity index (χ4v) is 1.54. The highest BCUT2D eigenvalue weighted by Crippen LogP contribution is 2.17. The number of aliphatic hydroxyl groups is 1. The molecule has 1 aromatic carbocycles. The highest BCUT2D eigenvalue weighted by atomic mass is 35.5. The number of aliphatic hydroxyl groups excluding tert-OH is 1. The van der Waals surface area contributed by atoms with Gasteiger partial charge in [-0.2, -0.15) is 0 Å². The number of hydrogen-bond donors (Lipinski definition) is 3. The number of nitrogens with one attached hydrogen (secondary N) is 1. The van der Waals surface area contributed by atoms with Gasteiger partial charge in [-0.25, -0.2) is 0 Å². The van der Waals surface area contributed by atoms with Crippen LogP contribution < -0.4 is 4.84 Å². The smallest absolute Gasteiger partial charge is 0.304 e. The Balaban J connectivity index is 2.89. The number of carbonyl (C=O) groups is 2. The quantitative estimate of drug-likeness (QED) is 0.531. The number of anilines is 1. The van der Waals surface area contributed by atoms with Crippen LogP contribution in [0.5, 0.6) is 0 Å². The van der Waals surface area contributed by atoms with Crippen molar-refractivity contribution in [3.8, 4) is 0 Å². The molecule has 0 aliphatic rings. The molecule has 0 saturated heterocycles. The Morgan fingerprint density at radius 1 is 1.41 bits per heavy atom. The fraction of sp³-hybridized carbons (Fsp3) is 0.273. The lowest BCUT2D eigenvalue weighted by Gasteiger charge is -2.11. The minimum Gasteiger partial charge on any atom is -0.481 e. The number of Topliss-reactive ketones (excluding diaryl/α,β-unsaturated/α-hetero) is 1. The first-order valence-corrected chi connectivity index (χ1v) is 5.30. The second kappa shape index (κ2) is 6.22. The summed E-state index contributed by atoms with van der Waals surface area (Å²) in [5, 5.41) is 17.6. The van der Waals surface area contributed by atoms with Gasteiger partial charge in [-0.3, -0.25) is 14.4 Å². The maximum atomic E-state index is 11.9. The average molecular weight is 258 g/mol. The molecule has 5 nitrogen and oxygen atoms in total. The number of carboxylic acid groups (broad SMARTS) is 1. The van der Waals surface area contributed by atoms with E-state index in [9.17, 15) is 9.59 Å². The van der Waals surface area contributed by atoms with Crippen molar-refractivity contribution in [2.24, 2.45) is 5.92 Å². The molecule has 0 spiro atoms. The Morgan fingerprint density at radius 2 is 2.12 bits per heavy atom. The molecule has 6 heteroatoms. The number of halogens is 1. The van der Waals surface area contributed by atoms with E-state index in [1.165, 1.54) is 6.07 Å². The standard InChI is InChI=1S/C11H12ClNO4/c12-13-9-3-1-2-7(4-9)11(17)8(6-14)5-10(15)16/h1-4,8,13-14H,5-6H2,(H,15,16). The molecule has 0 saturated carbocycles. The summed E-state index contributed by atoms with van der Waals surface area (Å²) in [7, 11) is 0. The van der Waals surface area contributed by atoms with E-state index in [1.807, 2.05) is 0 Å². The van der Waals surface area contributed by atoms with Gasteiger partial charge in [-0.1, -0.05) is 12.1 Å². The molecule has 1 unspecified atom stereocenters. The number of benzene rings is 1. The number of carboxylic acids is 1. The molecule has 0 fully saturated rings. The second-order valence-corrected chi connectivity index (χ2v) is 3.71. The number of hydrogen-bond acceptors (Lipinski definition) is 4. The predicted molar refractivity (Wildman–Crippen MR) is 63.1 cm³/mol. The van der Waals surface area contributed by atoms with Crippen LogP contribution in [0.3, 0.4) is 0 Å². The molecule has 3 N–H and O–H groups in total. The third kappa shape index (κ3) is 3.72. The molecule has 1 aromatic rings. The zero-order chi connectivity index (χ0) is 12.8. The van der Waals surface area contributed by atoms with E-state index in [1.54, 1.807) is 18.2 Å². The highest BCUT2D eigenvalue weighted by Gasteiger charge is 2.22. The predicted octanol–water partition coefficient (Wildman–Crippen LogP) is 1.52. The van der Waals surface area contributed by atoms with E-state index in [4.69, 9.17) is 22.0 Å². The number of carbonyl (C=O) groups excluding carboxylic acids is 1. The molecule has 0 aliphatic heterocycles. The van der Waals surface area contributed by atoms with Gasteiger partial charge in [0.05, 0.1) is 18.9 Å². The first-order chi connectivity index (χ1) is 8.08. The summed E-state index contributed by atoms with van der Waals surface area (Å²) in [5.74, 6) is -2.47. The van der Waals surface area contributed by atoms with E-state index in [0.29, 0.717) is 11.3 Å². The SMILES string of the molecule is O=C(O)CC(CO)C(=O)c1cccc(NCl)c1. The van der Waals surface area contributed by atoms with E-state index in [2.05, 4.69) is 4.84 Å². The molecule has 0 bridgehead atoms. The molecule has 92 valence electrons. The highest BCUT2D eigenvalue weighted by molar-refractivity contribution is 6.24. The molecular formula is C11H12ClNO4. The van der Waals surface area contributed by atoms with Gasteiger partial charge in [-0.05, 0) is 12.1 Å². The van der Waals surface area contributed by atoms with Crippen LogP contribution in [0, 0.1) is 5.92 Å². The maximum absolute atomic E-state index is 11.9. The lowest BCUT2D eigenvalue weighted by atomic mass is 9.95. The number of ketones is 1. The van der Waals surface area contributed by atoms with Gasteiger partial charge in [0.15, 0.2) is 5.78 Å². The monoisotopic (exact) mass is 257 g/mol. The van der Waals surface area contributed by atoms with Crippen molar-refractivity contribution in [2.75, 3.05) is 11.4 Å². The van der Waals surface area contributed by atoms with Crippen LogP contribution >= 0.6 is 11.8 Å². The molecule has 0 aromatic heterocycles. The topological polar surface area (TPSA) is 86.6 Å². The Labute approximate surface area is 103 Å². The van der Waals surface area contributed by atoms with Gasteiger partial charge in [0.25, 0.3) is 0 Å². The van der Waals surface area contributed by atoms with Crippen LogP contribution in [0.25, 0.3) is 0 Å². The third-order valence-electron chi connectivity index (χ3n) is 2.27. The van der Waals surface area contributed by atoms with Crippen LogP contribution in [0.1, 0.15) is 16.8 Å². The minimum atomic E-state index is -1.12. The largest absolute Gasteiger partial charge is 0.481 e. The molecule has 1 atom stereocenters. The van der Waals surface area contributed by atoms with Gasteiger partial charge in [0, 0.05) is 23.0 Å². The molecule has 0 radical (unpaired) electrons. The first kappa shape index (κ1) is 13.5. The van der Waals surface area contributed by atoms with Crippen LogP contribution in [0.4, 0.5) is 5.69 Å². The fourth-order valence-electron chi connectivity index (χ4n) is 1.42. The lowest BCUT2D eigenvalue weighted by Crippen LogP contribution is -2.22. The van der Waals surface area contributed by atoms with Gasteiger partial charge >= 0.3 is 5.97 Å². The zero-order valence-corrected chi connectivity index (χ0v) is 9.65. The number of aliphatic carboxylic acids is 1. The minimum absolute atomic E-state index is 0.316. The van der Waals surface area contributed by atoms with Crippen LogP contribution in [-0.2, 0) is 4.79 Å². The molecule has 17 heavy (non-hydrogen) atoms. The van der Waals surface area contributed by atoms with Gasteiger partial charge in [-0.15, -0.1) is 0 Å². The van der Waals surface area contributed by atoms with Crippen molar-refractivity contribution in [1.82, 2.24) is 0 Å². The Hall–Kier alpha value is -1.59. The van der Waals surface area contributed by atoms with Gasteiger partial charge in [0.1, 0.15) is 0 Å². The van der Waals surface area contributed by atoms with Crippen LogP contribution in [-0.4, -0.2) is 28.6 Å². The first-order valence-electron chi connectivity index (χ1n) is 4.92. The van der Waals surface area contributed by atoms with Gasteiger partial charge in [0.2, 0.25) is 0 Å². The van der Waals surface area contributed by atoms with Gasteiger partial charge < -0.3 is 10.2 Å². The van der Waals surface area contributed by atoms with Crippen molar-refractivity contribution < 1.29 is 19.8 Å². The molecule has 0 aliphatic carbocycles. The Bertz CT molecular complexity index is 422. The summed E-state index contributed by atoms with van der Waals surface area (Å²) in [6.45, 7) is -0.496. The van der Waals surface area contributed by atoms with E-state index < -0.39 is 30.7 Å². The van der Waals surface area contributed by atoms with E-state index >= 15 is 0 Å². The van der Waals surface area contributed by atoms with E-state index in [0.717, 1.165) is 0 Å². The molecular weight excluding hydrogens is 246 g/mol. The van der Waals surface area contributed by atoms with Crippen LogP contribution in [0.2, 0.25) is 0 Å². The molecule has 0 amide bonds. The average Bonchev–Trinajstić information content (AvgIpc) is 2.35. The maximum Gasteiger partial charge on any atom is 0.304 e. The molecule has 1 rings (SSSR count). The van der Waals surface area contributed by atoms with Crippen molar-refractivity contribution in [3.05, 3.63) is 29.8 Å². The third-order valence-corrected chi connectivity index (χ3v) is 2.49. The van der Waals surface area contributed by atoms with Crippen molar-refractivity contribution in [1.29, 1.82) is 0 Å². The lowest BCUT2D eigenvalue weighted by molar-refractivity contribution is -0.138. The van der Waals surface area contributed by atoms with Crippen LogP contribution in [0.15, 0.2) is 24.3 Å². The summed E-state index contributed by atoms with van der Waals surface area (Å²) in [4.78, 5) is 24.8. The van der Waals surface area contributed by atoms with E-state index in [-0.39, 0.29) is 0 Å². The summed E-state index contributed by atoms with van der Waals surface area (Å²) in [6.07, 6.45) is -0.395. The summed E-state index contributed by atoms with van der Waals surface area (Å²) >= 11 is 5.40. The van der Waals surface area contributed by atoms with Crippen molar-refractivity contribution in [2.45, 2.75) is 6.42 Å². The Kier molecular flexibility index (Phi) is 4.93. The summed E-state index contributed by atoms with van der Waals surface area (Å²) < 4.78 is 0. The summed E-state index contributed by atoms with van der Waals surface area (Å²) in [6, 6.07) is 6.33. The van der Waals surface area contributed by atoms with Crippen molar-refractivity contribution >= 4 is 29.2 Å².